The number of hydrogen-bond acceptors (Lipinski definition) is 2. The van der Waals surface area contributed by atoms with Crippen LogP contribution < -0.4 is 0 Å². The van der Waals surface area contributed by atoms with Crippen molar-refractivity contribution < 1.29 is 0 Å². The molecule has 0 bridgehead atoms. The second-order valence-corrected chi connectivity index (χ2v) is 3.00. The topological polar surface area (TPSA) is 28.7 Å². The van der Waals surface area contributed by atoms with Gasteiger partial charge in [0.2, 0.25) is 0 Å². The van der Waals surface area contributed by atoms with E-state index in [1.807, 2.05) is 19.1 Å². The van der Waals surface area contributed by atoms with Crippen LogP contribution >= 0.6 is 12.6 Å². The normalized spacial score (nSPS) is 11.2. The molecule has 0 amide bonds. The molecule has 0 aromatic carbocycles. The number of aromatic nitrogens is 2. The van der Waals surface area contributed by atoms with Gasteiger partial charge in [-0.3, -0.25) is 0 Å². The summed E-state index contributed by atoms with van der Waals surface area (Å²) in [6.45, 7) is 4.12. The number of imidazole rings is 1. The lowest BCUT2D eigenvalue weighted by Gasteiger charge is -1.85. The molecule has 0 aliphatic carbocycles. The second kappa shape index (κ2) is 4.36. The number of aryl methyl sites for hydroxylation is 2. The smallest absolute Gasteiger partial charge is 0.106 e. The highest BCUT2D eigenvalue weighted by atomic mass is 32.1. The molecule has 0 atom stereocenters. The highest BCUT2D eigenvalue weighted by Gasteiger charge is 2.00. The maximum atomic E-state index is 4.39. The fraction of sp³-hybridized carbons (Fsp3) is 0.444. The van der Waals surface area contributed by atoms with Crippen molar-refractivity contribution in [2.75, 3.05) is 5.75 Å². The van der Waals surface area contributed by atoms with Crippen molar-refractivity contribution in [2.45, 2.75) is 20.3 Å². The maximum absolute atomic E-state index is 4.39. The number of thiol groups is 1. The molecule has 0 saturated heterocycles. The van der Waals surface area contributed by atoms with Crippen molar-refractivity contribution in [2.24, 2.45) is 0 Å². The first-order valence-corrected chi connectivity index (χ1v) is 4.74. The van der Waals surface area contributed by atoms with Gasteiger partial charge in [0.05, 0.1) is 5.69 Å². The van der Waals surface area contributed by atoms with Crippen molar-refractivity contribution in [3.8, 4) is 0 Å². The van der Waals surface area contributed by atoms with Crippen molar-refractivity contribution >= 4 is 18.7 Å². The minimum absolute atomic E-state index is 0.758. The van der Waals surface area contributed by atoms with E-state index in [1.165, 1.54) is 0 Å². The molecule has 0 fully saturated rings. The standard InChI is InChI=1S/C9H14N2S/c1-3-9-10-7(2)8(11-9)5-4-6-12/h4-5,12H,3,6H2,1-2H3,(H,10,11). The van der Waals surface area contributed by atoms with Gasteiger partial charge < -0.3 is 4.98 Å². The van der Waals surface area contributed by atoms with Crippen LogP contribution in [-0.4, -0.2) is 15.7 Å². The Morgan fingerprint density at radius 1 is 1.58 bits per heavy atom. The van der Waals surface area contributed by atoms with Gasteiger partial charge in [0, 0.05) is 17.9 Å². The fourth-order valence-electron chi connectivity index (χ4n) is 1.03. The largest absolute Gasteiger partial charge is 0.346 e. The Hall–Kier alpha value is -0.700. The van der Waals surface area contributed by atoms with Crippen LogP contribution in [0.15, 0.2) is 6.08 Å². The summed E-state index contributed by atoms with van der Waals surface area (Å²) in [4.78, 5) is 7.61. The fourth-order valence-corrected chi connectivity index (χ4v) is 1.14. The zero-order chi connectivity index (χ0) is 8.97. The molecule has 0 unspecified atom stereocenters. The van der Waals surface area contributed by atoms with Crippen LogP contribution in [0.1, 0.15) is 24.1 Å². The molecule has 1 rings (SSSR count). The first kappa shape index (κ1) is 9.39. The Bertz CT molecular complexity index is 276. The molecule has 1 heterocycles. The highest BCUT2D eigenvalue weighted by Crippen LogP contribution is 2.07. The van der Waals surface area contributed by atoms with Crippen LogP contribution in [-0.2, 0) is 6.42 Å². The molecular formula is C9H14N2S. The minimum atomic E-state index is 0.758. The number of nitrogens with one attached hydrogen (secondary N) is 1. The number of aromatic amines is 1. The van der Waals surface area contributed by atoms with Crippen molar-refractivity contribution in [3.63, 3.8) is 0 Å². The molecule has 0 radical (unpaired) electrons. The molecule has 66 valence electrons. The summed E-state index contributed by atoms with van der Waals surface area (Å²) < 4.78 is 0. The highest BCUT2D eigenvalue weighted by molar-refractivity contribution is 7.80. The summed E-state index contributed by atoms with van der Waals surface area (Å²) in [7, 11) is 0. The Labute approximate surface area is 78.5 Å². The molecule has 12 heavy (non-hydrogen) atoms. The van der Waals surface area contributed by atoms with Gasteiger partial charge in [-0.2, -0.15) is 12.6 Å². The van der Waals surface area contributed by atoms with E-state index in [2.05, 4.69) is 29.5 Å². The van der Waals surface area contributed by atoms with E-state index in [9.17, 15) is 0 Å². The van der Waals surface area contributed by atoms with Gasteiger partial charge in [-0.05, 0) is 13.0 Å². The quantitative estimate of drug-likeness (QED) is 0.689. The summed E-state index contributed by atoms with van der Waals surface area (Å²) in [5, 5.41) is 0. The molecule has 0 saturated carbocycles. The van der Waals surface area contributed by atoms with E-state index >= 15 is 0 Å². The zero-order valence-electron chi connectivity index (χ0n) is 7.46. The van der Waals surface area contributed by atoms with Crippen LogP contribution in [0.25, 0.3) is 6.08 Å². The Kier molecular flexibility index (Phi) is 3.41. The number of H-pyrrole nitrogens is 1. The van der Waals surface area contributed by atoms with Gasteiger partial charge in [0.25, 0.3) is 0 Å². The van der Waals surface area contributed by atoms with Crippen LogP contribution in [0.5, 0.6) is 0 Å². The summed E-state index contributed by atoms with van der Waals surface area (Å²) in [5.41, 5.74) is 2.16. The molecule has 1 aromatic rings. The first-order valence-electron chi connectivity index (χ1n) is 4.10. The van der Waals surface area contributed by atoms with E-state index in [4.69, 9.17) is 0 Å². The number of nitrogens with zero attached hydrogens (tertiary/aromatic N) is 1. The average molecular weight is 182 g/mol. The lowest BCUT2D eigenvalue weighted by Crippen LogP contribution is -1.80. The summed E-state index contributed by atoms with van der Waals surface area (Å²) in [5.74, 6) is 1.81. The van der Waals surface area contributed by atoms with Gasteiger partial charge >= 0.3 is 0 Å². The summed E-state index contributed by atoms with van der Waals surface area (Å²) in [6, 6.07) is 0. The molecular weight excluding hydrogens is 168 g/mol. The van der Waals surface area contributed by atoms with Gasteiger partial charge in [-0.25, -0.2) is 4.98 Å². The van der Waals surface area contributed by atoms with Crippen molar-refractivity contribution in [3.05, 3.63) is 23.3 Å². The van der Waals surface area contributed by atoms with E-state index in [-0.39, 0.29) is 0 Å². The zero-order valence-corrected chi connectivity index (χ0v) is 8.36. The number of hydrogen-bond donors (Lipinski definition) is 2. The molecule has 0 spiro atoms. The van der Waals surface area contributed by atoms with E-state index in [1.54, 1.807) is 0 Å². The monoisotopic (exact) mass is 182 g/mol. The maximum Gasteiger partial charge on any atom is 0.106 e. The van der Waals surface area contributed by atoms with Crippen molar-refractivity contribution in [1.82, 2.24) is 9.97 Å². The predicted molar refractivity (Wildman–Crippen MR) is 55.6 cm³/mol. The Morgan fingerprint density at radius 3 is 2.83 bits per heavy atom. The molecule has 0 aliphatic rings. The third kappa shape index (κ3) is 2.14. The third-order valence-corrected chi connectivity index (χ3v) is 1.90. The van der Waals surface area contributed by atoms with Crippen molar-refractivity contribution in [1.29, 1.82) is 0 Å². The average Bonchev–Trinajstić information content (AvgIpc) is 2.43. The van der Waals surface area contributed by atoms with E-state index in [0.717, 1.165) is 29.4 Å². The van der Waals surface area contributed by atoms with E-state index in [0.29, 0.717) is 0 Å². The SMILES string of the molecule is CCc1nc(C=CCS)c(C)[nH]1. The van der Waals surface area contributed by atoms with Crippen LogP contribution in [0, 0.1) is 6.92 Å². The summed E-state index contributed by atoms with van der Waals surface area (Å²) in [6.07, 6.45) is 4.94. The van der Waals surface area contributed by atoms with Gasteiger partial charge in [0.15, 0.2) is 0 Å². The van der Waals surface area contributed by atoms with Crippen LogP contribution in [0.2, 0.25) is 0 Å². The summed E-state index contributed by atoms with van der Waals surface area (Å²) >= 11 is 4.09. The number of rotatable bonds is 3. The first-order chi connectivity index (χ1) is 5.77. The third-order valence-electron chi connectivity index (χ3n) is 1.69. The van der Waals surface area contributed by atoms with Gasteiger partial charge in [-0.1, -0.05) is 13.0 Å². The lowest BCUT2D eigenvalue weighted by molar-refractivity contribution is 0.981. The van der Waals surface area contributed by atoms with Crippen LogP contribution in [0.3, 0.4) is 0 Å². The van der Waals surface area contributed by atoms with Crippen LogP contribution in [0.4, 0.5) is 0 Å². The molecule has 0 aliphatic heterocycles. The molecule has 2 nitrogen and oxygen atoms in total. The van der Waals surface area contributed by atoms with E-state index < -0.39 is 0 Å². The predicted octanol–water partition coefficient (Wildman–Crippen LogP) is 2.22. The lowest BCUT2D eigenvalue weighted by atomic mass is 10.3. The second-order valence-electron chi connectivity index (χ2n) is 2.63. The van der Waals surface area contributed by atoms with Gasteiger partial charge in [0.1, 0.15) is 5.82 Å². The molecule has 3 heteroatoms. The molecule has 1 N–H and O–H groups in total. The Morgan fingerprint density at radius 2 is 2.33 bits per heavy atom. The Balaban J connectivity index is 2.84. The van der Waals surface area contributed by atoms with Gasteiger partial charge in [-0.15, -0.1) is 0 Å². The molecule has 1 aromatic heterocycles. The minimum Gasteiger partial charge on any atom is -0.346 e.